The summed E-state index contributed by atoms with van der Waals surface area (Å²) >= 11 is 7.20. The Morgan fingerprint density at radius 3 is 2.96 bits per heavy atom. The minimum absolute atomic E-state index is 0.162. The summed E-state index contributed by atoms with van der Waals surface area (Å²) in [6, 6.07) is 5.51. The van der Waals surface area contributed by atoms with Crippen molar-refractivity contribution in [1.29, 1.82) is 0 Å². The summed E-state index contributed by atoms with van der Waals surface area (Å²) in [6.45, 7) is 1.85. The third-order valence-electron chi connectivity index (χ3n) is 3.81. The number of hydrogen-bond acceptors (Lipinski definition) is 6. The first-order valence-corrected chi connectivity index (χ1v) is 8.87. The third kappa shape index (κ3) is 4.03. The second-order valence-corrected chi connectivity index (χ2v) is 6.90. The van der Waals surface area contributed by atoms with E-state index >= 15 is 0 Å². The second kappa shape index (κ2) is 7.31. The lowest BCUT2D eigenvalue weighted by Gasteiger charge is -2.11. The van der Waals surface area contributed by atoms with Gasteiger partial charge in [0.15, 0.2) is 0 Å². The molecule has 0 spiro atoms. The summed E-state index contributed by atoms with van der Waals surface area (Å²) in [5, 5.41) is 13.1. The predicted octanol–water partition coefficient (Wildman–Crippen LogP) is 3.45. The minimum atomic E-state index is -0.332. The van der Waals surface area contributed by atoms with E-state index in [1.54, 1.807) is 18.2 Å². The van der Waals surface area contributed by atoms with E-state index in [4.69, 9.17) is 16.3 Å². The van der Waals surface area contributed by atoms with Gasteiger partial charge in [-0.25, -0.2) is 4.68 Å². The Bertz CT molecular complexity index is 701. The monoisotopic (exact) mass is 352 g/mol. The van der Waals surface area contributed by atoms with E-state index in [0.717, 1.165) is 18.4 Å². The summed E-state index contributed by atoms with van der Waals surface area (Å²) < 4.78 is 7.20. The Balaban J connectivity index is 1.58. The number of aryl methyl sites for hydroxylation is 1. The highest BCUT2D eigenvalue weighted by molar-refractivity contribution is 7.99. The van der Waals surface area contributed by atoms with Gasteiger partial charge in [-0.3, -0.25) is 4.79 Å². The van der Waals surface area contributed by atoms with Gasteiger partial charge in [0.25, 0.3) is 0 Å². The number of ether oxygens (including phenoxy) is 1. The number of nitrogens with zero attached hydrogens (tertiary/aromatic N) is 4. The quantitative estimate of drug-likeness (QED) is 0.466. The van der Waals surface area contributed by atoms with Gasteiger partial charge >= 0.3 is 5.97 Å². The molecule has 6 nitrogen and oxygen atoms in total. The Labute approximate surface area is 143 Å². The summed E-state index contributed by atoms with van der Waals surface area (Å²) in [5.41, 5.74) is 0.826. The zero-order valence-corrected chi connectivity index (χ0v) is 14.3. The molecule has 1 heterocycles. The maximum absolute atomic E-state index is 12.0. The number of hydrogen-bond donors (Lipinski definition) is 0. The maximum atomic E-state index is 12.0. The molecular formula is C15H17ClN4O2S. The van der Waals surface area contributed by atoms with Crippen molar-refractivity contribution >= 4 is 29.3 Å². The molecule has 122 valence electrons. The molecule has 23 heavy (non-hydrogen) atoms. The van der Waals surface area contributed by atoms with Gasteiger partial charge in [0.2, 0.25) is 5.16 Å². The van der Waals surface area contributed by atoms with Crippen molar-refractivity contribution in [2.45, 2.75) is 43.8 Å². The van der Waals surface area contributed by atoms with Crippen LogP contribution in [0.4, 0.5) is 0 Å². The molecule has 1 saturated carbocycles. The fourth-order valence-corrected chi connectivity index (χ4v) is 3.61. The molecule has 0 amide bonds. The van der Waals surface area contributed by atoms with Crippen molar-refractivity contribution in [2.24, 2.45) is 0 Å². The van der Waals surface area contributed by atoms with Crippen LogP contribution in [-0.4, -0.2) is 31.9 Å². The Morgan fingerprint density at radius 2 is 2.22 bits per heavy atom. The normalized spacial score (nSPS) is 15.0. The molecule has 2 aromatic rings. The van der Waals surface area contributed by atoms with E-state index in [9.17, 15) is 4.79 Å². The third-order valence-corrected chi connectivity index (χ3v) is 4.96. The van der Waals surface area contributed by atoms with Crippen LogP contribution >= 0.6 is 23.4 Å². The molecule has 0 N–H and O–H groups in total. The molecule has 0 radical (unpaired) electrons. The van der Waals surface area contributed by atoms with Gasteiger partial charge in [0.05, 0.1) is 11.8 Å². The van der Waals surface area contributed by atoms with Crippen molar-refractivity contribution in [2.75, 3.05) is 5.75 Å². The summed E-state index contributed by atoms with van der Waals surface area (Å²) in [6.07, 6.45) is 4.58. The van der Waals surface area contributed by atoms with Gasteiger partial charge in [-0.15, -0.1) is 5.10 Å². The zero-order chi connectivity index (χ0) is 16.2. The molecule has 1 fully saturated rings. The summed E-state index contributed by atoms with van der Waals surface area (Å²) in [4.78, 5) is 12.0. The first-order valence-electron chi connectivity index (χ1n) is 7.51. The van der Waals surface area contributed by atoms with E-state index in [0.29, 0.717) is 22.0 Å². The number of carbonyl (C=O) groups is 1. The molecule has 1 aliphatic carbocycles. The van der Waals surface area contributed by atoms with Crippen LogP contribution in [0.3, 0.4) is 0 Å². The zero-order valence-electron chi connectivity index (χ0n) is 12.7. The smallest absolute Gasteiger partial charge is 0.321 e. The first kappa shape index (κ1) is 16.3. The van der Waals surface area contributed by atoms with Gasteiger partial charge in [-0.1, -0.05) is 36.2 Å². The average molecular weight is 353 g/mol. The molecule has 1 aliphatic rings. The van der Waals surface area contributed by atoms with Crippen LogP contribution < -0.4 is 4.74 Å². The van der Waals surface area contributed by atoms with Crippen LogP contribution in [0, 0.1) is 6.92 Å². The van der Waals surface area contributed by atoms with Gasteiger partial charge in [0.1, 0.15) is 5.75 Å². The predicted molar refractivity (Wildman–Crippen MR) is 87.9 cm³/mol. The number of carbonyl (C=O) groups excluding carboxylic acids is 1. The van der Waals surface area contributed by atoms with Crippen LogP contribution in [0.15, 0.2) is 23.4 Å². The molecule has 8 heteroatoms. The SMILES string of the molecule is Cc1cc(Cl)ccc1OC(=O)CSc1nnnn1C1CCCC1. The molecule has 1 aromatic heterocycles. The summed E-state index contributed by atoms with van der Waals surface area (Å²) in [5.74, 6) is 0.353. The molecule has 3 rings (SSSR count). The summed E-state index contributed by atoms with van der Waals surface area (Å²) in [7, 11) is 0. The van der Waals surface area contributed by atoms with Gasteiger partial charge in [-0.2, -0.15) is 0 Å². The Hall–Kier alpha value is -1.60. The molecule has 0 unspecified atom stereocenters. The number of rotatable bonds is 5. The van der Waals surface area contributed by atoms with E-state index in [1.807, 2.05) is 11.6 Å². The topological polar surface area (TPSA) is 69.9 Å². The number of aromatic nitrogens is 4. The van der Waals surface area contributed by atoms with Crippen LogP contribution in [0.1, 0.15) is 37.3 Å². The van der Waals surface area contributed by atoms with Crippen molar-refractivity contribution < 1.29 is 9.53 Å². The van der Waals surface area contributed by atoms with E-state index < -0.39 is 0 Å². The minimum Gasteiger partial charge on any atom is -0.426 e. The lowest BCUT2D eigenvalue weighted by molar-refractivity contribution is -0.131. The van der Waals surface area contributed by atoms with Gasteiger partial charge in [0, 0.05) is 5.02 Å². The number of thioether (sulfide) groups is 1. The Kier molecular flexibility index (Phi) is 5.17. The van der Waals surface area contributed by atoms with Crippen molar-refractivity contribution in [3.05, 3.63) is 28.8 Å². The van der Waals surface area contributed by atoms with E-state index in [1.165, 1.54) is 24.6 Å². The van der Waals surface area contributed by atoms with Crippen LogP contribution in [0.2, 0.25) is 5.02 Å². The van der Waals surface area contributed by atoms with E-state index in [-0.39, 0.29) is 11.7 Å². The fraction of sp³-hybridized carbons (Fsp3) is 0.467. The van der Waals surface area contributed by atoms with E-state index in [2.05, 4.69) is 15.5 Å². The maximum Gasteiger partial charge on any atom is 0.321 e. The van der Waals surface area contributed by atoms with Crippen molar-refractivity contribution in [3.8, 4) is 5.75 Å². The lowest BCUT2D eigenvalue weighted by atomic mass is 10.2. The average Bonchev–Trinajstić information content (AvgIpc) is 3.18. The Morgan fingerprint density at radius 1 is 1.43 bits per heavy atom. The second-order valence-electron chi connectivity index (χ2n) is 5.52. The highest BCUT2D eigenvalue weighted by atomic mass is 35.5. The fourth-order valence-electron chi connectivity index (χ4n) is 2.66. The van der Waals surface area contributed by atoms with Crippen molar-refractivity contribution in [1.82, 2.24) is 20.2 Å². The van der Waals surface area contributed by atoms with Gasteiger partial charge < -0.3 is 4.74 Å². The number of tetrazole rings is 1. The number of esters is 1. The molecule has 1 aromatic carbocycles. The van der Waals surface area contributed by atoms with Crippen molar-refractivity contribution in [3.63, 3.8) is 0 Å². The molecule has 0 saturated heterocycles. The van der Waals surface area contributed by atoms with Gasteiger partial charge in [-0.05, 0) is 54.0 Å². The number of halogens is 1. The van der Waals surface area contributed by atoms with Crippen LogP contribution in [0.5, 0.6) is 5.75 Å². The molecule has 0 aliphatic heterocycles. The lowest BCUT2D eigenvalue weighted by Crippen LogP contribution is -2.13. The van der Waals surface area contributed by atoms with Crippen LogP contribution in [0.25, 0.3) is 0 Å². The largest absolute Gasteiger partial charge is 0.426 e. The van der Waals surface area contributed by atoms with Crippen LogP contribution in [-0.2, 0) is 4.79 Å². The molecule has 0 bridgehead atoms. The number of benzene rings is 1. The molecule has 0 atom stereocenters. The highest BCUT2D eigenvalue weighted by Gasteiger charge is 2.22. The molecular weight excluding hydrogens is 336 g/mol. The highest BCUT2D eigenvalue weighted by Crippen LogP contribution is 2.31. The first-order chi connectivity index (χ1) is 11.1. The standard InChI is InChI=1S/C15H17ClN4O2S/c1-10-8-11(16)6-7-13(10)22-14(21)9-23-15-17-18-19-20(15)12-4-2-3-5-12/h6-8,12H,2-5,9H2,1H3.